The molecule has 0 saturated heterocycles. The van der Waals surface area contributed by atoms with Gasteiger partial charge in [0.25, 0.3) is 11.6 Å². The molecule has 3 aromatic carbocycles. The molecule has 0 radical (unpaired) electrons. The predicted octanol–water partition coefficient (Wildman–Crippen LogP) is 5.76. The molecule has 168 valence electrons. The molecular formula is C27H22N4O3. The van der Waals surface area contributed by atoms with Crippen LogP contribution in [0.25, 0.3) is 17.0 Å². The fraction of sp³-hybridized carbons (Fsp3) is 0.111. The van der Waals surface area contributed by atoms with Gasteiger partial charge in [-0.1, -0.05) is 48.0 Å². The van der Waals surface area contributed by atoms with Crippen LogP contribution in [0.3, 0.4) is 0 Å². The molecule has 0 saturated carbocycles. The monoisotopic (exact) mass is 450 g/mol. The van der Waals surface area contributed by atoms with Crippen LogP contribution >= 0.6 is 0 Å². The van der Waals surface area contributed by atoms with Crippen molar-refractivity contribution >= 4 is 34.3 Å². The SMILES string of the molecule is Cc1ccc(NC(=O)/C(C#N)=C\c2c(C)n(Cc3ccc([N+](=O)[O-])cc3)c3ccccc23)cc1. The fourth-order valence-corrected chi connectivity index (χ4v) is 3.88. The maximum atomic E-state index is 12.8. The number of fused-ring (bicyclic) bond motifs is 1. The molecular weight excluding hydrogens is 428 g/mol. The normalized spacial score (nSPS) is 11.3. The quantitative estimate of drug-likeness (QED) is 0.175. The van der Waals surface area contributed by atoms with Crippen LogP contribution in [0.1, 0.15) is 22.4 Å². The molecule has 0 unspecified atom stereocenters. The minimum Gasteiger partial charge on any atom is -0.340 e. The molecule has 1 N–H and O–H groups in total. The van der Waals surface area contributed by atoms with Gasteiger partial charge in [-0.2, -0.15) is 5.26 Å². The van der Waals surface area contributed by atoms with Crippen LogP contribution in [0.15, 0.2) is 78.4 Å². The highest BCUT2D eigenvalue weighted by Crippen LogP contribution is 2.29. The summed E-state index contributed by atoms with van der Waals surface area (Å²) in [4.78, 5) is 23.3. The van der Waals surface area contributed by atoms with Crippen molar-refractivity contribution in [2.24, 2.45) is 0 Å². The maximum absolute atomic E-state index is 12.8. The molecule has 34 heavy (non-hydrogen) atoms. The first-order valence-electron chi connectivity index (χ1n) is 10.7. The van der Waals surface area contributed by atoms with Gasteiger partial charge in [0.15, 0.2) is 0 Å². The second-order valence-corrected chi connectivity index (χ2v) is 8.02. The number of benzene rings is 3. The molecule has 0 atom stereocenters. The summed E-state index contributed by atoms with van der Waals surface area (Å²) >= 11 is 0. The number of amides is 1. The van der Waals surface area contributed by atoms with Crippen LogP contribution < -0.4 is 5.32 Å². The molecule has 0 fully saturated rings. The summed E-state index contributed by atoms with van der Waals surface area (Å²) in [5, 5.41) is 24.4. The summed E-state index contributed by atoms with van der Waals surface area (Å²) in [5.74, 6) is -0.474. The summed E-state index contributed by atoms with van der Waals surface area (Å²) in [5.41, 5.74) is 5.26. The van der Waals surface area contributed by atoms with Crippen LogP contribution in [0.2, 0.25) is 0 Å². The van der Waals surface area contributed by atoms with Crippen molar-refractivity contribution in [3.05, 3.63) is 111 Å². The molecule has 1 amide bonds. The third-order valence-corrected chi connectivity index (χ3v) is 5.73. The van der Waals surface area contributed by atoms with E-state index in [-0.39, 0.29) is 11.3 Å². The Morgan fingerprint density at radius 1 is 1.06 bits per heavy atom. The minimum atomic E-state index is -0.474. The van der Waals surface area contributed by atoms with Gasteiger partial charge in [0.2, 0.25) is 0 Å². The van der Waals surface area contributed by atoms with E-state index < -0.39 is 10.8 Å². The van der Waals surface area contributed by atoms with Crippen molar-refractivity contribution in [1.29, 1.82) is 5.26 Å². The number of nitrogens with one attached hydrogen (secondary N) is 1. The molecule has 0 aliphatic carbocycles. The molecule has 0 bridgehead atoms. The highest BCUT2D eigenvalue weighted by atomic mass is 16.6. The molecule has 1 heterocycles. The van der Waals surface area contributed by atoms with Gasteiger partial charge in [-0.3, -0.25) is 14.9 Å². The van der Waals surface area contributed by atoms with E-state index in [4.69, 9.17) is 0 Å². The van der Waals surface area contributed by atoms with E-state index in [0.29, 0.717) is 12.2 Å². The number of rotatable bonds is 6. The maximum Gasteiger partial charge on any atom is 0.269 e. The Kier molecular flexibility index (Phi) is 6.24. The number of nitro benzene ring substituents is 1. The van der Waals surface area contributed by atoms with Crippen molar-refractivity contribution in [1.82, 2.24) is 4.57 Å². The van der Waals surface area contributed by atoms with Gasteiger partial charge in [-0.25, -0.2) is 0 Å². The van der Waals surface area contributed by atoms with E-state index in [9.17, 15) is 20.2 Å². The average Bonchev–Trinajstić information content (AvgIpc) is 3.10. The van der Waals surface area contributed by atoms with E-state index in [1.54, 1.807) is 30.3 Å². The number of non-ortho nitro benzene ring substituents is 1. The van der Waals surface area contributed by atoms with Crippen LogP contribution in [0.4, 0.5) is 11.4 Å². The fourth-order valence-electron chi connectivity index (χ4n) is 3.88. The third-order valence-electron chi connectivity index (χ3n) is 5.73. The summed E-state index contributed by atoms with van der Waals surface area (Å²) in [6, 6.07) is 23.6. The number of hydrogen-bond acceptors (Lipinski definition) is 4. The topological polar surface area (TPSA) is 101 Å². The van der Waals surface area contributed by atoms with Gasteiger partial charge < -0.3 is 9.88 Å². The van der Waals surface area contributed by atoms with Crippen molar-refractivity contribution in [2.45, 2.75) is 20.4 Å². The lowest BCUT2D eigenvalue weighted by Crippen LogP contribution is -2.13. The van der Waals surface area contributed by atoms with E-state index >= 15 is 0 Å². The number of para-hydroxylation sites is 1. The molecule has 1 aromatic heterocycles. The molecule has 4 rings (SSSR count). The largest absolute Gasteiger partial charge is 0.340 e. The molecule has 0 aliphatic heterocycles. The Balaban J connectivity index is 1.71. The first-order valence-corrected chi connectivity index (χ1v) is 10.7. The van der Waals surface area contributed by atoms with Crippen LogP contribution in [-0.4, -0.2) is 15.4 Å². The van der Waals surface area contributed by atoms with Gasteiger partial charge in [0.1, 0.15) is 11.6 Å². The predicted molar refractivity (Wildman–Crippen MR) is 132 cm³/mol. The number of hydrogen-bond donors (Lipinski definition) is 1. The van der Waals surface area contributed by atoms with Crippen molar-refractivity contribution in [3.8, 4) is 6.07 Å². The Morgan fingerprint density at radius 2 is 1.74 bits per heavy atom. The van der Waals surface area contributed by atoms with E-state index in [0.717, 1.165) is 33.3 Å². The smallest absolute Gasteiger partial charge is 0.269 e. The number of nitrogens with zero attached hydrogens (tertiary/aromatic N) is 3. The number of aromatic nitrogens is 1. The molecule has 7 heteroatoms. The Hall–Kier alpha value is -4.70. The number of anilines is 1. The van der Waals surface area contributed by atoms with E-state index in [1.807, 2.05) is 56.3 Å². The third kappa shape index (κ3) is 4.57. The van der Waals surface area contributed by atoms with Gasteiger partial charge >= 0.3 is 0 Å². The Morgan fingerprint density at radius 3 is 2.38 bits per heavy atom. The van der Waals surface area contributed by atoms with Gasteiger partial charge in [0, 0.05) is 46.5 Å². The van der Waals surface area contributed by atoms with Gasteiger partial charge in [0.05, 0.1) is 4.92 Å². The molecule has 7 nitrogen and oxygen atoms in total. The lowest BCUT2D eigenvalue weighted by Gasteiger charge is -2.09. The number of nitro groups is 1. The molecule has 4 aromatic rings. The van der Waals surface area contributed by atoms with Crippen LogP contribution in [0, 0.1) is 35.3 Å². The highest BCUT2D eigenvalue weighted by Gasteiger charge is 2.16. The lowest BCUT2D eigenvalue weighted by atomic mass is 10.1. The average molecular weight is 450 g/mol. The minimum absolute atomic E-state index is 0.00177. The highest BCUT2D eigenvalue weighted by molar-refractivity contribution is 6.11. The number of carbonyl (C=O) groups is 1. The second-order valence-electron chi connectivity index (χ2n) is 8.02. The molecule has 0 spiro atoms. The zero-order valence-electron chi connectivity index (χ0n) is 18.8. The first kappa shape index (κ1) is 22.5. The van der Waals surface area contributed by atoms with Crippen molar-refractivity contribution in [2.75, 3.05) is 5.32 Å². The second kappa shape index (κ2) is 9.43. The summed E-state index contributed by atoms with van der Waals surface area (Å²) < 4.78 is 2.08. The Bertz CT molecular complexity index is 1460. The summed E-state index contributed by atoms with van der Waals surface area (Å²) in [7, 11) is 0. The van der Waals surface area contributed by atoms with Gasteiger partial charge in [-0.15, -0.1) is 0 Å². The number of aryl methyl sites for hydroxylation is 1. The number of carbonyl (C=O) groups excluding carboxylic acids is 1. The first-order chi connectivity index (χ1) is 16.4. The number of nitriles is 1. The van der Waals surface area contributed by atoms with Crippen molar-refractivity contribution in [3.63, 3.8) is 0 Å². The standard InChI is InChI=1S/C27H22N4O3/c1-18-7-11-22(12-8-18)29-27(32)21(16-28)15-25-19(2)30(26-6-4-3-5-24(25)26)17-20-9-13-23(14-10-20)31(33)34/h3-15H,17H2,1-2H3,(H,29,32)/b21-15-. The van der Waals surface area contributed by atoms with Crippen molar-refractivity contribution < 1.29 is 9.72 Å². The van der Waals surface area contributed by atoms with E-state index in [2.05, 4.69) is 9.88 Å². The molecule has 0 aliphatic rings. The summed E-state index contributed by atoms with van der Waals surface area (Å²) in [6.07, 6.45) is 1.62. The zero-order valence-corrected chi connectivity index (χ0v) is 18.8. The van der Waals surface area contributed by atoms with Gasteiger partial charge in [-0.05, 0) is 43.7 Å². The van der Waals surface area contributed by atoms with Crippen LogP contribution in [-0.2, 0) is 11.3 Å². The lowest BCUT2D eigenvalue weighted by molar-refractivity contribution is -0.384. The zero-order chi connectivity index (χ0) is 24.2. The van der Waals surface area contributed by atoms with Crippen LogP contribution in [0.5, 0.6) is 0 Å². The summed E-state index contributed by atoms with van der Waals surface area (Å²) in [6.45, 7) is 4.39. The van der Waals surface area contributed by atoms with E-state index in [1.165, 1.54) is 12.1 Å². The Labute approximate surface area is 196 Å².